The van der Waals surface area contributed by atoms with Crippen LogP contribution in [0.3, 0.4) is 0 Å². The first-order chi connectivity index (χ1) is 9.04. The summed E-state index contributed by atoms with van der Waals surface area (Å²) >= 11 is 6.07. The van der Waals surface area contributed by atoms with Crippen molar-refractivity contribution in [3.05, 3.63) is 34.5 Å². The van der Waals surface area contributed by atoms with E-state index in [1.807, 2.05) is 0 Å². The molecule has 7 heteroatoms. The molecule has 19 heavy (non-hydrogen) atoms. The molecule has 0 saturated heterocycles. The standard InChI is InChI=1S/C12H7ClN2O4/c13-7-2-5(1-6-3-10(16)14-11(6)7)9-4-8(12(17)18)15-19-9/h1-2,4H,3H2,(H,14,16)(H,17,18). The third-order valence-corrected chi connectivity index (χ3v) is 3.10. The Morgan fingerprint density at radius 3 is 2.89 bits per heavy atom. The lowest BCUT2D eigenvalue weighted by atomic mass is 10.1. The van der Waals surface area contributed by atoms with Gasteiger partial charge in [0.05, 0.1) is 17.1 Å². The number of hydrogen-bond acceptors (Lipinski definition) is 4. The van der Waals surface area contributed by atoms with Crippen molar-refractivity contribution in [3.8, 4) is 11.3 Å². The maximum absolute atomic E-state index is 11.3. The Balaban J connectivity index is 2.06. The highest BCUT2D eigenvalue weighted by Crippen LogP contribution is 2.36. The lowest BCUT2D eigenvalue weighted by Crippen LogP contribution is -2.03. The third kappa shape index (κ3) is 1.96. The van der Waals surface area contributed by atoms with Crippen LogP contribution in [0.2, 0.25) is 5.02 Å². The van der Waals surface area contributed by atoms with E-state index < -0.39 is 5.97 Å². The van der Waals surface area contributed by atoms with Crippen molar-refractivity contribution in [1.29, 1.82) is 0 Å². The Morgan fingerprint density at radius 2 is 2.21 bits per heavy atom. The Kier molecular flexibility index (Phi) is 2.53. The lowest BCUT2D eigenvalue weighted by molar-refractivity contribution is -0.115. The van der Waals surface area contributed by atoms with Crippen molar-refractivity contribution in [3.63, 3.8) is 0 Å². The van der Waals surface area contributed by atoms with Crippen LogP contribution in [0.4, 0.5) is 5.69 Å². The van der Waals surface area contributed by atoms with Crippen molar-refractivity contribution in [2.24, 2.45) is 0 Å². The maximum atomic E-state index is 11.3. The summed E-state index contributed by atoms with van der Waals surface area (Å²) in [6.45, 7) is 0. The fourth-order valence-electron chi connectivity index (χ4n) is 1.95. The van der Waals surface area contributed by atoms with E-state index in [1.165, 1.54) is 6.07 Å². The number of carbonyl (C=O) groups excluding carboxylic acids is 1. The smallest absolute Gasteiger partial charge is 0.358 e. The number of carboxylic acids is 1. The molecular weight excluding hydrogens is 272 g/mol. The SMILES string of the molecule is O=C1Cc2cc(-c3cc(C(=O)O)no3)cc(Cl)c2N1. The van der Waals surface area contributed by atoms with E-state index in [0.29, 0.717) is 22.0 Å². The molecule has 2 aromatic rings. The van der Waals surface area contributed by atoms with Crippen LogP contribution < -0.4 is 5.32 Å². The first kappa shape index (κ1) is 11.7. The van der Waals surface area contributed by atoms with E-state index in [4.69, 9.17) is 21.2 Å². The van der Waals surface area contributed by atoms with Gasteiger partial charge in [0, 0.05) is 11.6 Å². The molecule has 0 atom stereocenters. The highest BCUT2D eigenvalue weighted by Gasteiger charge is 2.22. The van der Waals surface area contributed by atoms with Gasteiger partial charge in [0.1, 0.15) is 0 Å². The predicted octanol–water partition coefficient (Wildman–Crippen LogP) is 2.19. The molecule has 96 valence electrons. The molecule has 0 fully saturated rings. The number of nitrogens with one attached hydrogen (secondary N) is 1. The second-order valence-electron chi connectivity index (χ2n) is 4.10. The number of benzene rings is 1. The van der Waals surface area contributed by atoms with Crippen LogP contribution in [-0.2, 0) is 11.2 Å². The minimum Gasteiger partial charge on any atom is -0.476 e. The number of amides is 1. The molecule has 2 N–H and O–H groups in total. The third-order valence-electron chi connectivity index (χ3n) is 2.80. The first-order valence-electron chi connectivity index (χ1n) is 5.37. The molecular formula is C12H7ClN2O4. The molecule has 1 aliphatic heterocycles. The van der Waals surface area contributed by atoms with Crippen LogP contribution in [0.15, 0.2) is 22.7 Å². The van der Waals surface area contributed by atoms with Crippen molar-refractivity contribution in [2.45, 2.75) is 6.42 Å². The topological polar surface area (TPSA) is 92.4 Å². The first-order valence-corrected chi connectivity index (χ1v) is 5.75. The second-order valence-corrected chi connectivity index (χ2v) is 4.51. The summed E-state index contributed by atoms with van der Waals surface area (Å²) in [5, 5.41) is 15.3. The largest absolute Gasteiger partial charge is 0.476 e. The molecule has 0 saturated carbocycles. The van der Waals surface area contributed by atoms with E-state index in [0.717, 1.165) is 5.56 Å². The number of rotatable bonds is 2. The minimum absolute atomic E-state index is 0.127. The van der Waals surface area contributed by atoms with E-state index in [-0.39, 0.29) is 18.0 Å². The van der Waals surface area contributed by atoms with Gasteiger partial charge in [-0.15, -0.1) is 0 Å². The molecule has 0 bridgehead atoms. The summed E-state index contributed by atoms with van der Waals surface area (Å²) < 4.78 is 4.96. The van der Waals surface area contributed by atoms with E-state index in [9.17, 15) is 9.59 Å². The van der Waals surface area contributed by atoms with Crippen LogP contribution >= 0.6 is 11.6 Å². The summed E-state index contributed by atoms with van der Waals surface area (Å²) in [6.07, 6.45) is 0.239. The zero-order valence-corrected chi connectivity index (χ0v) is 10.2. The van der Waals surface area contributed by atoms with Crippen LogP contribution in [0.25, 0.3) is 11.3 Å². The zero-order chi connectivity index (χ0) is 13.6. The maximum Gasteiger partial charge on any atom is 0.358 e. The van der Waals surface area contributed by atoms with Crippen molar-refractivity contribution in [2.75, 3.05) is 5.32 Å². The van der Waals surface area contributed by atoms with Gasteiger partial charge in [-0.1, -0.05) is 16.8 Å². The number of nitrogens with zero attached hydrogens (tertiary/aromatic N) is 1. The van der Waals surface area contributed by atoms with Crippen molar-refractivity contribution < 1.29 is 19.2 Å². The van der Waals surface area contributed by atoms with Gasteiger partial charge in [0.15, 0.2) is 11.5 Å². The molecule has 2 heterocycles. The Bertz CT molecular complexity index is 708. The van der Waals surface area contributed by atoms with E-state index >= 15 is 0 Å². The van der Waals surface area contributed by atoms with Gasteiger partial charge in [-0.05, 0) is 17.7 Å². The Hall–Kier alpha value is -2.34. The van der Waals surface area contributed by atoms with Gasteiger partial charge in [-0.2, -0.15) is 0 Å². The van der Waals surface area contributed by atoms with Gasteiger partial charge >= 0.3 is 5.97 Å². The number of carboxylic acid groups (broad SMARTS) is 1. The van der Waals surface area contributed by atoms with Crippen LogP contribution in [0.1, 0.15) is 16.1 Å². The molecule has 0 spiro atoms. The molecule has 1 aromatic carbocycles. The van der Waals surface area contributed by atoms with Crippen molar-refractivity contribution in [1.82, 2.24) is 5.16 Å². The van der Waals surface area contributed by atoms with Gasteiger partial charge in [0.2, 0.25) is 5.91 Å². The fraction of sp³-hybridized carbons (Fsp3) is 0.0833. The summed E-state index contributed by atoms with van der Waals surface area (Å²) in [4.78, 5) is 22.0. The molecule has 0 radical (unpaired) electrons. The molecule has 3 rings (SSSR count). The van der Waals surface area contributed by atoms with Crippen LogP contribution in [-0.4, -0.2) is 22.1 Å². The van der Waals surface area contributed by atoms with Gasteiger partial charge < -0.3 is 14.9 Å². The van der Waals surface area contributed by atoms with Crippen LogP contribution in [0.5, 0.6) is 0 Å². The number of carbonyl (C=O) groups is 2. The summed E-state index contributed by atoms with van der Waals surface area (Å²) in [5.74, 6) is -1.00. The molecule has 6 nitrogen and oxygen atoms in total. The van der Waals surface area contributed by atoms with Gasteiger partial charge in [0.25, 0.3) is 0 Å². The summed E-state index contributed by atoms with van der Waals surface area (Å²) in [6, 6.07) is 4.63. The quantitative estimate of drug-likeness (QED) is 0.878. The second kappa shape index (κ2) is 4.10. The average molecular weight is 279 g/mol. The van der Waals surface area contributed by atoms with Gasteiger partial charge in [-0.3, -0.25) is 4.79 Å². The zero-order valence-electron chi connectivity index (χ0n) is 9.44. The van der Waals surface area contributed by atoms with Gasteiger partial charge in [-0.25, -0.2) is 4.79 Å². The highest BCUT2D eigenvalue weighted by molar-refractivity contribution is 6.34. The molecule has 1 aliphatic rings. The monoisotopic (exact) mass is 278 g/mol. The lowest BCUT2D eigenvalue weighted by Gasteiger charge is -2.04. The average Bonchev–Trinajstić information content (AvgIpc) is 2.94. The molecule has 1 aromatic heterocycles. The number of aromatic carboxylic acids is 1. The minimum atomic E-state index is -1.17. The molecule has 0 unspecified atom stereocenters. The number of anilines is 1. The predicted molar refractivity (Wildman–Crippen MR) is 66.2 cm³/mol. The summed E-state index contributed by atoms with van der Waals surface area (Å²) in [7, 11) is 0. The number of halogens is 1. The highest BCUT2D eigenvalue weighted by atomic mass is 35.5. The van der Waals surface area contributed by atoms with Crippen molar-refractivity contribution >= 4 is 29.2 Å². The molecule has 0 aliphatic carbocycles. The van der Waals surface area contributed by atoms with E-state index in [1.54, 1.807) is 12.1 Å². The molecule has 1 amide bonds. The number of fused-ring (bicyclic) bond motifs is 1. The van der Waals surface area contributed by atoms with E-state index in [2.05, 4.69) is 10.5 Å². The Labute approximate surface area is 112 Å². The fourth-order valence-corrected chi connectivity index (χ4v) is 2.24. The summed E-state index contributed by atoms with van der Waals surface area (Å²) in [5.41, 5.74) is 1.75. The number of aromatic nitrogens is 1. The number of hydrogen-bond donors (Lipinski definition) is 2. The van der Waals surface area contributed by atoms with Crippen LogP contribution in [0, 0.1) is 0 Å². The Morgan fingerprint density at radius 1 is 1.42 bits per heavy atom. The normalized spacial score (nSPS) is 13.2.